The molecule has 0 spiro atoms. The molecule has 0 saturated heterocycles. The molecule has 0 aromatic heterocycles. The fraction of sp³-hybridized carbons (Fsp3) is 0. The summed E-state index contributed by atoms with van der Waals surface area (Å²) in [6.07, 6.45) is 0. The summed E-state index contributed by atoms with van der Waals surface area (Å²) >= 11 is 4.56. The molecule has 0 saturated carbocycles. The van der Waals surface area contributed by atoms with Gasteiger partial charge in [0.25, 0.3) is 0 Å². The molecule has 0 bridgehead atoms. The maximum Gasteiger partial charge on any atom is 0.133 e. The molecule has 0 atom stereocenters. The molecule has 0 heterocycles. The van der Waals surface area contributed by atoms with Crippen molar-refractivity contribution in [1.29, 1.82) is 0 Å². The highest BCUT2D eigenvalue weighted by molar-refractivity contribution is 7.79. The Hall–Kier alpha value is -1.09. The van der Waals surface area contributed by atoms with E-state index < -0.39 is 11.6 Å². The van der Waals surface area contributed by atoms with E-state index in [0.717, 1.165) is 6.07 Å². The predicted molar refractivity (Wildman–Crippen MR) is 49.0 cm³/mol. The molecule has 0 fully saturated rings. The van der Waals surface area contributed by atoms with Crippen LogP contribution < -0.4 is 0 Å². The van der Waals surface area contributed by atoms with Crippen LogP contribution >= 0.6 is 12.2 Å². The molecule has 0 unspecified atom stereocenters. The highest BCUT2D eigenvalue weighted by Gasteiger charge is 2.04. The first-order valence-corrected chi connectivity index (χ1v) is 3.72. The quantitative estimate of drug-likeness (QED) is 0.503. The SMILES string of the molecule is C=C(C=S)c1ccc(F)cc1F. The van der Waals surface area contributed by atoms with Gasteiger partial charge >= 0.3 is 0 Å². The fourth-order valence-electron chi connectivity index (χ4n) is 0.813. The minimum atomic E-state index is -0.638. The third kappa shape index (κ3) is 1.74. The number of benzene rings is 1. The summed E-state index contributed by atoms with van der Waals surface area (Å²) < 4.78 is 25.3. The molecule has 12 heavy (non-hydrogen) atoms. The average Bonchev–Trinajstić information content (AvgIpc) is 2.03. The van der Waals surface area contributed by atoms with Crippen molar-refractivity contribution in [1.82, 2.24) is 0 Å². The van der Waals surface area contributed by atoms with Gasteiger partial charge in [-0.15, -0.1) is 0 Å². The van der Waals surface area contributed by atoms with E-state index in [1.165, 1.54) is 17.5 Å². The minimum absolute atomic E-state index is 0.242. The summed E-state index contributed by atoms with van der Waals surface area (Å²) in [5, 5.41) is 1.26. The van der Waals surface area contributed by atoms with Crippen LogP contribution in [0.15, 0.2) is 24.8 Å². The van der Waals surface area contributed by atoms with Gasteiger partial charge in [0.05, 0.1) is 0 Å². The fourth-order valence-corrected chi connectivity index (χ4v) is 0.940. The second-order valence-electron chi connectivity index (χ2n) is 2.27. The molecule has 0 aliphatic carbocycles. The number of hydrogen-bond acceptors (Lipinski definition) is 1. The van der Waals surface area contributed by atoms with Crippen LogP contribution in [-0.4, -0.2) is 5.37 Å². The van der Waals surface area contributed by atoms with E-state index in [4.69, 9.17) is 0 Å². The molecule has 1 aromatic rings. The summed E-state index contributed by atoms with van der Waals surface area (Å²) in [4.78, 5) is 0. The maximum absolute atomic E-state index is 12.9. The van der Waals surface area contributed by atoms with Crippen LogP contribution in [0.1, 0.15) is 5.56 Å². The molecule has 0 aliphatic heterocycles. The van der Waals surface area contributed by atoms with Gasteiger partial charge in [0.1, 0.15) is 11.6 Å². The van der Waals surface area contributed by atoms with Crippen LogP contribution in [0.2, 0.25) is 0 Å². The average molecular weight is 184 g/mol. The first kappa shape index (κ1) is 9.00. The molecule has 0 aliphatic rings. The lowest BCUT2D eigenvalue weighted by molar-refractivity contribution is 0.581. The molecule has 1 aromatic carbocycles. The van der Waals surface area contributed by atoms with Crippen molar-refractivity contribution in [3.8, 4) is 0 Å². The van der Waals surface area contributed by atoms with E-state index in [-0.39, 0.29) is 5.56 Å². The molecule has 3 heteroatoms. The van der Waals surface area contributed by atoms with Crippen LogP contribution in [0, 0.1) is 11.6 Å². The highest BCUT2D eigenvalue weighted by atomic mass is 32.1. The minimum Gasteiger partial charge on any atom is -0.207 e. The Morgan fingerprint density at radius 1 is 1.42 bits per heavy atom. The Morgan fingerprint density at radius 2 is 2.08 bits per heavy atom. The van der Waals surface area contributed by atoms with Crippen LogP contribution in [0.5, 0.6) is 0 Å². The third-order valence-corrected chi connectivity index (χ3v) is 1.70. The molecular formula is C9H6F2S. The van der Waals surface area contributed by atoms with Gasteiger partial charge in [-0.3, -0.25) is 0 Å². The number of halogens is 2. The zero-order valence-corrected chi connectivity index (χ0v) is 7.00. The van der Waals surface area contributed by atoms with Gasteiger partial charge in [-0.05, 0) is 17.7 Å². The van der Waals surface area contributed by atoms with Crippen molar-refractivity contribution in [3.63, 3.8) is 0 Å². The van der Waals surface area contributed by atoms with Crippen molar-refractivity contribution in [3.05, 3.63) is 42.0 Å². The molecule has 0 N–H and O–H groups in total. The molecule has 62 valence electrons. The van der Waals surface area contributed by atoms with Gasteiger partial charge in [0.2, 0.25) is 0 Å². The van der Waals surface area contributed by atoms with Crippen molar-refractivity contribution >= 4 is 23.2 Å². The Kier molecular flexibility index (Phi) is 2.65. The van der Waals surface area contributed by atoms with Crippen molar-refractivity contribution < 1.29 is 8.78 Å². The normalized spacial score (nSPS) is 9.50. The largest absolute Gasteiger partial charge is 0.207 e. The molecule has 0 radical (unpaired) electrons. The smallest absolute Gasteiger partial charge is 0.133 e. The van der Waals surface area contributed by atoms with E-state index in [1.807, 2.05) is 0 Å². The lowest BCUT2D eigenvalue weighted by Gasteiger charge is -2.00. The number of rotatable bonds is 2. The Balaban J connectivity index is 3.18. The molecule has 0 nitrogen and oxygen atoms in total. The maximum atomic E-state index is 12.9. The highest BCUT2D eigenvalue weighted by Crippen LogP contribution is 2.15. The zero-order chi connectivity index (χ0) is 9.14. The van der Waals surface area contributed by atoms with E-state index in [0.29, 0.717) is 5.57 Å². The van der Waals surface area contributed by atoms with Gasteiger partial charge in [0, 0.05) is 17.0 Å². The summed E-state index contributed by atoms with van der Waals surface area (Å²) in [5.41, 5.74) is 0.619. The standard InChI is InChI=1S/C9H6F2S/c1-6(5-12)8-3-2-7(10)4-9(8)11/h2-5H,1H2. The number of thiocarbonyl (C=S) groups is 1. The first-order chi connectivity index (χ1) is 5.65. The first-order valence-electron chi connectivity index (χ1n) is 3.24. The second-order valence-corrected chi connectivity index (χ2v) is 2.50. The monoisotopic (exact) mass is 184 g/mol. The van der Waals surface area contributed by atoms with E-state index in [9.17, 15) is 8.78 Å². The van der Waals surface area contributed by atoms with E-state index >= 15 is 0 Å². The number of allylic oxidation sites excluding steroid dienone is 1. The third-order valence-electron chi connectivity index (χ3n) is 1.42. The van der Waals surface area contributed by atoms with Gasteiger partial charge in [0.15, 0.2) is 0 Å². The summed E-state index contributed by atoms with van der Waals surface area (Å²) in [7, 11) is 0. The van der Waals surface area contributed by atoms with Crippen molar-refractivity contribution in [2.24, 2.45) is 0 Å². The summed E-state index contributed by atoms with van der Waals surface area (Å²) in [6.45, 7) is 3.51. The lowest BCUT2D eigenvalue weighted by atomic mass is 10.1. The summed E-state index contributed by atoms with van der Waals surface area (Å²) in [6, 6.07) is 3.29. The van der Waals surface area contributed by atoms with Crippen molar-refractivity contribution in [2.45, 2.75) is 0 Å². The van der Waals surface area contributed by atoms with Gasteiger partial charge in [-0.2, -0.15) is 0 Å². The van der Waals surface area contributed by atoms with Gasteiger partial charge < -0.3 is 0 Å². The van der Waals surface area contributed by atoms with Crippen molar-refractivity contribution in [2.75, 3.05) is 0 Å². The van der Waals surface area contributed by atoms with Gasteiger partial charge in [-0.1, -0.05) is 18.8 Å². The molecule has 1 rings (SSSR count). The Bertz CT molecular complexity index is 331. The van der Waals surface area contributed by atoms with Crippen LogP contribution in [0.25, 0.3) is 5.57 Å². The molecule has 0 amide bonds. The number of hydrogen-bond donors (Lipinski definition) is 0. The predicted octanol–water partition coefficient (Wildman–Crippen LogP) is 2.98. The zero-order valence-electron chi connectivity index (χ0n) is 6.18. The second kappa shape index (κ2) is 3.54. The lowest BCUT2D eigenvalue weighted by Crippen LogP contribution is -1.89. The van der Waals surface area contributed by atoms with Crippen LogP contribution in [-0.2, 0) is 0 Å². The van der Waals surface area contributed by atoms with Crippen LogP contribution in [0.4, 0.5) is 8.78 Å². The van der Waals surface area contributed by atoms with Crippen LogP contribution in [0.3, 0.4) is 0 Å². The topological polar surface area (TPSA) is 0 Å². The van der Waals surface area contributed by atoms with E-state index in [2.05, 4.69) is 18.8 Å². The Morgan fingerprint density at radius 3 is 2.58 bits per heavy atom. The molecular weight excluding hydrogens is 178 g/mol. The van der Waals surface area contributed by atoms with E-state index in [1.54, 1.807) is 0 Å². The Labute approximate surface area is 74.5 Å². The van der Waals surface area contributed by atoms with Gasteiger partial charge in [-0.25, -0.2) is 8.78 Å². The summed E-state index contributed by atoms with van der Waals surface area (Å²) in [5.74, 6) is -1.24.